The Hall–Kier alpha value is -1.62. The Morgan fingerprint density at radius 1 is 1.34 bits per heavy atom. The minimum Gasteiger partial charge on any atom is -0.497 e. The van der Waals surface area contributed by atoms with Crippen molar-refractivity contribution in [3.05, 3.63) is 29.6 Å². The second-order valence-corrected chi connectivity index (χ2v) is 7.11. The van der Waals surface area contributed by atoms with E-state index in [4.69, 9.17) is 4.74 Å². The molecule has 0 bridgehead atoms. The molecule has 0 aromatic heterocycles. The van der Waals surface area contributed by atoms with E-state index in [2.05, 4.69) is 27.4 Å². The monoisotopic (exact) mass is 521 g/mol. The lowest BCUT2D eigenvalue weighted by molar-refractivity contribution is -0.127. The Bertz CT molecular complexity index is 687. The van der Waals surface area contributed by atoms with Crippen molar-refractivity contribution in [1.82, 2.24) is 20.4 Å². The molecule has 1 aromatic carbocycles. The van der Waals surface area contributed by atoms with Gasteiger partial charge in [0.05, 0.1) is 20.2 Å². The SMILES string of the molecule is CCN1CCCC1CNC(=NCc1cc(F)cc(OC)c1)NCC(=O)N(C)C.I. The molecule has 0 radical (unpaired) electrons. The number of hydrogen-bond acceptors (Lipinski definition) is 4. The van der Waals surface area contributed by atoms with Crippen LogP contribution in [0, 0.1) is 5.82 Å². The van der Waals surface area contributed by atoms with Gasteiger partial charge in [0.25, 0.3) is 0 Å². The van der Waals surface area contributed by atoms with Crippen LogP contribution in [-0.2, 0) is 11.3 Å². The van der Waals surface area contributed by atoms with E-state index in [0.717, 1.165) is 26.1 Å². The molecule has 2 rings (SSSR count). The number of likely N-dealkylation sites (tertiary alicyclic amines) is 1. The molecule has 2 N–H and O–H groups in total. The smallest absolute Gasteiger partial charge is 0.241 e. The second kappa shape index (κ2) is 12.8. The molecule has 0 spiro atoms. The highest BCUT2D eigenvalue weighted by Crippen LogP contribution is 2.17. The average Bonchev–Trinajstić information content (AvgIpc) is 3.14. The van der Waals surface area contributed by atoms with Crippen LogP contribution in [-0.4, -0.2) is 75.1 Å². The van der Waals surface area contributed by atoms with Crippen LogP contribution in [0.3, 0.4) is 0 Å². The number of aliphatic imine (C=N–C) groups is 1. The summed E-state index contributed by atoms with van der Waals surface area (Å²) in [6.45, 7) is 5.48. The zero-order valence-corrected chi connectivity index (χ0v) is 20.0. The number of halogens is 2. The standard InChI is InChI=1S/C20H32FN5O2.HI/c1-5-26-8-6-7-17(26)13-23-20(24-14-19(27)25(2)3)22-12-15-9-16(21)11-18(10-15)28-4;/h9-11,17H,5-8,12-14H2,1-4H3,(H2,22,23,24);1H. The number of carbonyl (C=O) groups excluding carboxylic acids is 1. The molecule has 7 nitrogen and oxygen atoms in total. The van der Waals surface area contributed by atoms with E-state index in [9.17, 15) is 9.18 Å². The van der Waals surface area contributed by atoms with Crippen molar-refractivity contribution in [3.8, 4) is 5.75 Å². The predicted molar refractivity (Wildman–Crippen MR) is 124 cm³/mol. The maximum Gasteiger partial charge on any atom is 0.241 e. The number of hydrogen-bond donors (Lipinski definition) is 2. The first kappa shape index (κ1) is 25.4. The van der Waals surface area contributed by atoms with Crippen molar-refractivity contribution in [2.45, 2.75) is 32.4 Å². The highest BCUT2D eigenvalue weighted by atomic mass is 127. The van der Waals surface area contributed by atoms with Crippen molar-refractivity contribution in [2.24, 2.45) is 4.99 Å². The first-order valence-corrected chi connectivity index (χ1v) is 9.72. The molecule has 1 saturated heterocycles. The van der Waals surface area contributed by atoms with Gasteiger partial charge < -0.3 is 20.3 Å². The van der Waals surface area contributed by atoms with Gasteiger partial charge >= 0.3 is 0 Å². The molecule has 1 amide bonds. The molecule has 1 heterocycles. The van der Waals surface area contributed by atoms with E-state index in [-0.39, 0.29) is 48.8 Å². The molecule has 29 heavy (non-hydrogen) atoms. The first-order chi connectivity index (χ1) is 13.4. The Labute approximate surface area is 190 Å². The number of guanidine groups is 1. The molecule has 9 heteroatoms. The number of nitrogens with zero attached hydrogens (tertiary/aromatic N) is 3. The van der Waals surface area contributed by atoms with E-state index in [1.54, 1.807) is 20.2 Å². The Balaban J connectivity index is 0.00000420. The number of ether oxygens (including phenoxy) is 1. The lowest BCUT2D eigenvalue weighted by Crippen LogP contribution is -2.47. The second-order valence-electron chi connectivity index (χ2n) is 7.11. The normalized spacial score (nSPS) is 16.9. The largest absolute Gasteiger partial charge is 0.497 e. The number of nitrogens with one attached hydrogen (secondary N) is 2. The lowest BCUT2D eigenvalue weighted by Gasteiger charge is -2.24. The fourth-order valence-electron chi connectivity index (χ4n) is 3.25. The fraction of sp³-hybridized carbons (Fsp3) is 0.600. The van der Waals surface area contributed by atoms with Crippen molar-refractivity contribution < 1.29 is 13.9 Å². The molecule has 0 saturated carbocycles. The summed E-state index contributed by atoms with van der Waals surface area (Å²) >= 11 is 0. The third-order valence-electron chi connectivity index (χ3n) is 4.90. The molecule has 1 aliphatic rings. The molecule has 1 aromatic rings. The highest BCUT2D eigenvalue weighted by molar-refractivity contribution is 14.0. The van der Waals surface area contributed by atoms with Gasteiger partial charge in [-0.1, -0.05) is 6.92 Å². The van der Waals surface area contributed by atoms with Crippen LogP contribution >= 0.6 is 24.0 Å². The Morgan fingerprint density at radius 2 is 2.10 bits per heavy atom. The van der Waals surface area contributed by atoms with Gasteiger partial charge in [-0.05, 0) is 43.6 Å². The third-order valence-corrected chi connectivity index (χ3v) is 4.90. The molecule has 1 atom stereocenters. The van der Waals surface area contributed by atoms with Gasteiger partial charge in [-0.2, -0.15) is 0 Å². The molecule has 0 aliphatic carbocycles. The summed E-state index contributed by atoms with van der Waals surface area (Å²) in [6.07, 6.45) is 2.34. The van der Waals surface area contributed by atoms with Crippen LogP contribution in [0.5, 0.6) is 5.75 Å². The van der Waals surface area contributed by atoms with Crippen LogP contribution in [0.1, 0.15) is 25.3 Å². The van der Waals surface area contributed by atoms with E-state index < -0.39 is 0 Å². The fourth-order valence-corrected chi connectivity index (χ4v) is 3.25. The van der Waals surface area contributed by atoms with E-state index in [0.29, 0.717) is 23.3 Å². The van der Waals surface area contributed by atoms with Crippen molar-refractivity contribution in [1.29, 1.82) is 0 Å². The molecule has 164 valence electrons. The van der Waals surface area contributed by atoms with Crippen molar-refractivity contribution in [3.63, 3.8) is 0 Å². The van der Waals surface area contributed by atoms with Crippen molar-refractivity contribution >= 4 is 35.8 Å². The molecule has 1 aliphatic heterocycles. The summed E-state index contributed by atoms with van der Waals surface area (Å²) in [5.74, 6) is 0.596. The van der Waals surface area contributed by atoms with Crippen LogP contribution < -0.4 is 15.4 Å². The quantitative estimate of drug-likeness (QED) is 0.312. The maximum absolute atomic E-state index is 13.7. The van der Waals surface area contributed by atoms with Gasteiger partial charge in [0.1, 0.15) is 11.6 Å². The van der Waals surface area contributed by atoms with Gasteiger partial charge in [-0.3, -0.25) is 9.69 Å². The van der Waals surface area contributed by atoms with Crippen molar-refractivity contribution in [2.75, 3.05) is 47.4 Å². The highest BCUT2D eigenvalue weighted by Gasteiger charge is 2.22. The topological polar surface area (TPSA) is 69.2 Å². The van der Waals surface area contributed by atoms with Crippen LogP contribution in [0.2, 0.25) is 0 Å². The average molecular weight is 521 g/mol. The van der Waals surface area contributed by atoms with Gasteiger partial charge in [0, 0.05) is 32.7 Å². The number of benzene rings is 1. The van der Waals surface area contributed by atoms with Gasteiger partial charge in [0.2, 0.25) is 5.91 Å². The van der Waals surface area contributed by atoms with E-state index in [1.807, 2.05) is 0 Å². The number of methoxy groups -OCH3 is 1. The molecule has 1 fully saturated rings. The predicted octanol–water partition coefficient (Wildman–Crippen LogP) is 2.06. The van der Waals surface area contributed by atoms with Gasteiger partial charge in [-0.25, -0.2) is 9.38 Å². The van der Waals surface area contributed by atoms with Crippen LogP contribution in [0.25, 0.3) is 0 Å². The minimum absolute atomic E-state index is 0. The van der Waals surface area contributed by atoms with Crippen LogP contribution in [0.15, 0.2) is 23.2 Å². The van der Waals surface area contributed by atoms with Gasteiger partial charge in [-0.15, -0.1) is 24.0 Å². The summed E-state index contributed by atoms with van der Waals surface area (Å²) in [5.41, 5.74) is 0.702. The molecular weight excluding hydrogens is 488 g/mol. The zero-order valence-electron chi connectivity index (χ0n) is 17.7. The zero-order chi connectivity index (χ0) is 20.5. The Morgan fingerprint density at radius 3 is 2.76 bits per heavy atom. The third kappa shape index (κ3) is 8.33. The number of likely N-dealkylation sites (N-methyl/N-ethyl adjacent to an activating group) is 2. The minimum atomic E-state index is -0.362. The number of amides is 1. The van der Waals surface area contributed by atoms with E-state index in [1.165, 1.54) is 30.6 Å². The number of carbonyl (C=O) groups is 1. The molecular formula is C20H33FIN5O2. The Kier molecular flexibility index (Phi) is 11.3. The summed E-state index contributed by atoms with van der Waals surface area (Å²) in [6, 6.07) is 4.98. The number of rotatable bonds is 8. The summed E-state index contributed by atoms with van der Waals surface area (Å²) in [5, 5.41) is 6.41. The summed E-state index contributed by atoms with van der Waals surface area (Å²) in [4.78, 5) is 20.4. The van der Waals surface area contributed by atoms with Gasteiger partial charge in [0.15, 0.2) is 5.96 Å². The van der Waals surface area contributed by atoms with Crippen LogP contribution in [0.4, 0.5) is 4.39 Å². The summed E-state index contributed by atoms with van der Waals surface area (Å²) in [7, 11) is 4.93. The van der Waals surface area contributed by atoms with E-state index >= 15 is 0 Å². The molecule has 1 unspecified atom stereocenters. The maximum atomic E-state index is 13.7. The summed E-state index contributed by atoms with van der Waals surface area (Å²) < 4.78 is 18.8. The lowest BCUT2D eigenvalue weighted by atomic mass is 10.2. The first-order valence-electron chi connectivity index (χ1n) is 9.72.